The molecule has 1 saturated heterocycles. The Morgan fingerprint density at radius 1 is 1.15 bits per heavy atom. The summed E-state index contributed by atoms with van der Waals surface area (Å²) in [6.45, 7) is 3.51. The first-order valence-electron chi connectivity index (χ1n) is 8.00. The molecule has 4 atom stereocenters. The summed E-state index contributed by atoms with van der Waals surface area (Å²) in [6.07, 6.45) is 5.98. The minimum absolute atomic E-state index is 0.232. The second-order valence-electron chi connectivity index (χ2n) is 6.45. The van der Waals surface area contributed by atoms with Crippen molar-refractivity contribution in [2.75, 3.05) is 6.54 Å². The van der Waals surface area contributed by atoms with Crippen LogP contribution in [0.4, 0.5) is 0 Å². The maximum atomic E-state index is 9.49. The lowest BCUT2D eigenvalue weighted by Crippen LogP contribution is -2.45. The molecule has 1 aliphatic carbocycles. The van der Waals surface area contributed by atoms with Gasteiger partial charge in [0.05, 0.1) is 12.0 Å². The Labute approximate surface area is 122 Å². The predicted octanol–water partition coefficient (Wildman–Crippen LogP) is 3.95. The van der Waals surface area contributed by atoms with Crippen molar-refractivity contribution in [1.29, 1.82) is 5.26 Å². The molecule has 0 amide bonds. The van der Waals surface area contributed by atoms with Crippen molar-refractivity contribution in [2.24, 2.45) is 5.92 Å². The van der Waals surface area contributed by atoms with Gasteiger partial charge in [0.1, 0.15) is 0 Å². The fourth-order valence-corrected chi connectivity index (χ4v) is 4.14. The van der Waals surface area contributed by atoms with Crippen molar-refractivity contribution in [3.63, 3.8) is 0 Å². The molecule has 1 aromatic carbocycles. The Kier molecular flexibility index (Phi) is 4.08. The van der Waals surface area contributed by atoms with Crippen molar-refractivity contribution in [1.82, 2.24) is 4.90 Å². The molecule has 2 fully saturated rings. The third-order valence-corrected chi connectivity index (χ3v) is 5.28. The predicted molar refractivity (Wildman–Crippen MR) is 81.3 cm³/mol. The van der Waals surface area contributed by atoms with Crippen molar-refractivity contribution in [2.45, 2.75) is 57.0 Å². The van der Waals surface area contributed by atoms with E-state index in [1.807, 2.05) is 0 Å². The lowest BCUT2D eigenvalue weighted by Gasteiger charge is -2.40. The topological polar surface area (TPSA) is 27.0 Å². The number of nitrogens with zero attached hydrogens (tertiary/aromatic N) is 2. The third-order valence-electron chi connectivity index (χ3n) is 5.28. The molecule has 3 rings (SSSR count). The van der Waals surface area contributed by atoms with E-state index in [4.69, 9.17) is 0 Å². The monoisotopic (exact) mass is 268 g/mol. The van der Waals surface area contributed by atoms with E-state index >= 15 is 0 Å². The molecule has 0 N–H and O–H groups in total. The number of rotatable bonds is 2. The molecular formula is C18H24N2. The Balaban J connectivity index is 1.78. The normalized spacial score (nSPS) is 34.8. The van der Waals surface area contributed by atoms with Crippen LogP contribution in [0, 0.1) is 17.2 Å². The maximum absolute atomic E-state index is 9.49. The Hall–Kier alpha value is -1.33. The van der Waals surface area contributed by atoms with Gasteiger partial charge in [-0.05, 0) is 57.1 Å². The van der Waals surface area contributed by atoms with Crippen LogP contribution in [0.15, 0.2) is 30.3 Å². The number of hydrogen-bond donors (Lipinski definition) is 0. The summed E-state index contributed by atoms with van der Waals surface area (Å²) in [6, 6.07) is 14.6. The van der Waals surface area contributed by atoms with E-state index in [9.17, 15) is 5.26 Å². The van der Waals surface area contributed by atoms with Gasteiger partial charge in [-0.25, -0.2) is 0 Å². The molecule has 0 aromatic heterocycles. The van der Waals surface area contributed by atoms with E-state index in [-0.39, 0.29) is 5.92 Å². The summed E-state index contributed by atoms with van der Waals surface area (Å²) in [4.78, 5) is 2.61. The average molecular weight is 268 g/mol. The first-order chi connectivity index (χ1) is 9.79. The first-order valence-corrected chi connectivity index (χ1v) is 8.00. The molecule has 2 heteroatoms. The van der Waals surface area contributed by atoms with Gasteiger partial charge in [0, 0.05) is 12.1 Å². The number of likely N-dealkylation sites (tertiary alicyclic amines) is 1. The number of hydrogen-bond acceptors (Lipinski definition) is 2. The lowest BCUT2D eigenvalue weighted by atomic mass is 9.75. The number of nitriles is 1. The highest BCUT2D eigenvalue weighted by Crippen LogP contribution is 2.40. The van der Waals surface area contributed by atoms with E-state index in [1.54, 1.807) is 0 Å². The van der Waals surface area contributed by atoms with Crippen LogP contribution in [0.5, 0.6) is 0 Å². The van der Waals surface area contributed by atoms with Gasteiger partial charge in [-0.2, -0.15) is 5.26 Å². The van der Waals surface area contributed by atoms with E-state index < -0.39 is 0 Å². The van der Waals surface area contributed by atoms with Crippen LogP contribution in [-0.4, -0.2) is 23.5 Å². The van der Waals surface area contributed by atoms with Gasteiger partial charge in [0.15, 0.2) is 0 Å². The zero-order valence-corrected chi connectivity index (χ0v) is 12.3. The Bertz CT molecular complexity index is 476. The average Bonchev–Trinajstić information content (AvgIpc) is 2.93. The first kappa shape index (κ1) is 13.6. The van der Waals surface area contributed by atoms with Gasteiger partial charge in [-0.3, -0.25) is 4.90 Å². The number of benzene rings is 1. The van der Waals surface area contributed by atoms with Gasteiger partial charge in [-0.15, -0.1) is 0 Å². The van der Waals surface area contributed by atoms with Crippen LogP contribution < -0.4 is 0 Å². The summed E-state index contributed by atoms with van der Waals surface area (Å²) in [5.74, 6) is 0.870. The van der Waals surface area contributed by atoms with Gasteiger partial charge in [0.25, 0.3) is 0 Å². The summed E-state index contributed by atoms with van der Waals surface area (Å²) in [5, 5.41) is 9.49. The molecule has 1 aliphatic heterocycles. The molecule has 0 radical (unpaired) electrons. The van der Waals surface area contributed by atoms with Crippen LogP contribution >= 0.6 is 0 Å². The molecule has 2 nitrogen and oxygen atoms in total. The molecule has 1 saturated carbocycles. The fourth-order valence-electron chi connectivity index (χ4n) is 4.14. The lowest BCUT2D eigenvalue weighted by molar-refractivity contribution is 0.112. The van der Waals surface area contributed by atoms with Crippen LogP contribution in [0.25, 0.3) is 0 Å². The van der Waals surface area contributed by atoms with Crippen LogP contribution in [0.3, 0.4) is 0 Å². The Morgan fingerprint density at radius 2 is 1.95 bits per heavy atom. The fraction of sp³-hybridized carbons (Fsp3) is 0.611. The maximum Gasteiger partial charge on any atom is 0.0672 e. The molecule has 4 unspecified atom stereocenters. The summed E-state index contributed by atoms with van der Waals surface area (Å²) in [7, 11) is 0. The van der Waals surface area contributed by atoms with E-state index in [1.165, 1.54) is 31.4 Å². The molecule has 0 spiro atoms. The second-order valence-corrected chi connectivity index (χ2v) is 6.45. The van der Waals surface area contributed by atoms with Crippen LogP contribution in [0.1, 0.15) is 50.5 Å². The van der Waals surface area contributed by atoms with Crippen molar-refractivity contribution >= 4 is 0 Å². The molecule has 1 heterocycles. The van der Waals surface area contributed by atoms with Gasteiger partial charge in [0.2, 0.25) is 0 Å². The molecule has 0 bridgehead atoms. The quantitative estimate of drug-likeness (QED) is 0.812. The Morgan fingerprint density at radius 3 is 2.60 bits per heavy atom. The van der Waals surface area contributed by atoms with Crippen LogP contribution in [0.2, 0.25) is 0 Å². The highest BCUT2D eigenvalue weighted by Gasteiger charge is 2.38. The minimum atomic E-state index is 0.232. The van der Waals surface area contributed by atoms with Crippen molar-refractivity contribution in [3.05, 3.63) is 35.9 Å². The van der Waals surface area contributed by atoms with Gasteiger partial charge in [-0.1, -0.05) is 30.3 Å². The van der Waals surface area contributed by atoms with E-state index in [0.29, 0.717) is 18.0 Å². The largest absolute Gasteiger partial charge is 0.296 e. The summed E-state index contributed by atoms with van der Waals surface area (Å²) < 4.78 is 0. The van der Waals surface area contributed by atoms with Crippen molar-refractivity contribution in [3.8, 4) is 6.07 Å². The molecular weight excluding hydrogens is 244 g/mol. The smallest absolute Gasteiger partial charge is 0.0672 e. The third kappa shape index (κ3) is 2.60. The van der Waals surface area contributed by atoms with Crippen molar-refractivity contribution < 1.29 is 0 Å². The molecule has 106 valence electrons. The highest BCUT2D eigenvalue weighted by atomic mass is 15.2. The van der Waals surface area contributed by atoms with Gasteiger partial charge < -0.3 is 0 Å². The highest BCUT2D eigenvalue weighted by molar-refractivity contribution is 5.21. The minimum Gasteiger partial charge on any atom is -0.296 e. The van der Waals surface area contributed by atoms with Gasteiger partial charge >= 0.3 is 0 Å². The standard InChI is InChI=1S/C18H24N2/c1-14-6-5-11-20(14)18-12-16(9-10-17(18)13-19)15-7-3-2-4-8-15/h2-4,7-8,14,16-18H,5-6,9-12H2,1H3. The molecule has 1 aromatic rings. The van der Waals surface area contributed by atoms with E-state index in [2.05, 4.69) is 48.2 Å². The zero-order chi connectivity index (χ0) is 13.9. The molecule has 2 aliphatic rings. The van der Waals surface area contributed by atoms with E-state index in [0.717, 1.165) is 12.8 Å². The van der Waals surface area contributed by atoms with Crippen LogP contribution in [-0.2, 0) is 0 Å². The zero-order valence-electron chi connectivity index (χ0n) is 12.3. The molecule has 20 heavy (non-hydrogen) atoms. The summed E-state index contributed by atoms with van der Waals surface area (Å²) >= 11 is 0. The SMILES string of the molecule is CC1CCCN1C1CC(c2ccccc2)CCC1C#N. The second kappa shape index (κ2) is 5.97. The summed E-state index contributed by atoms with van der Waals surface area (Å²) in [5.41, 5.74) is 1.46.